The number of nitrogens with one attached hydrogen (secondary N) is 3. The Morgan fingerprint density at radius 2 is 1.90 bits per heavy atom. The van der Waals surface area contributed by atoms with Crippen LogP contribution in [0.1, 0.15) is 5.56 Å². The van der Waals surface area contributed by atoms with E-state index in [4.69, 9.17) is 4.74 Å². The van der Waals surface area contributed by atoms with Crippen LogP contribution in [-0.2, 0) is 6.54 Å². The van der Waals surface area contributed by atoms with Gasteiger partial charge in [-0.3, -0.25) is 0 Å². The zero-order valence-corrected chi connectivity index (χ0v) is 11.4. The van der Waals surface area contributed by atoms with Gasteiger partial charge in [0.25, 0.3) is 0 Å². The predicted molar refractivity (Wildman–Crippen MR) is 82.2 cm³/mol. The Labute approximate surface area is 119 Å². The maximum Gasteiger partial charge on any atom is 0.144 e. The van der Waals surface area contributed by atoms with Crippen molar-refractivity contribution in [2.75, 3.05) is 30.5 Å². The minimum absolute atomic E-state index is 0.658. The molecule has 0 saturated carbocycles. The summed E-state index contributed by atoms with van der Waals surface area (Å²) in [5.41, 5.74) is 3.47. The van der Waals surface area contributed by atoms with Gasteiger partial charge in [-0.05, 0) is 17.7 Å². The van der Waals surface area contributed by atoms with Gasteiger partial charge in [0, 0.05) is 13.1 Å². The van der Waals surface area contributed by atoms with Gasteiger partial charge in [-0.2, -0.15) is 0 Å². The smallest absolute Gasteiger partial charge is 0.144 e. The molecule has 2 aromatic carbocycles. The zero-order chi connectivity index (χ0) is 13.6. The average Bonchev–Trinajstić information content (AvgIpc) is 2.97. The summed E-state index contributed by atoms with van der Waals surface area (Å²) in [6.45, 7) is 3.12. The van der Waals surface area contributed by atoms with E-state index in [0.717, 1.165) is 36.9 Å². The van der Waals surface area contributed by atoms with Gasteiger partial charge in [0.2, 0.25) is 0 Å². The lowest BCUT2D eigenvalue weighted by atomic mass is 10.2. The summed E-state index contributed by atoms with van der Waals surface area (Å²) in [6, 6.07) is 16.4. The van der Waals surface area contributed by atoms with Crippen LogP contribution in [0.2, 0.25) is 0 Å². The molecule has 1 aliphatic rings. The Morgan fingerprint density at radius 1 is 1.00 bits per heavy atom. The molecule has 1 heterocycles. The second-order valence-electron chi connectivity index (χ2n) is 4.72. The van der Waals surface area contributed by atoms with E-state index in [1.165, 1.54) is 5.56 Å². The number of anilines is 2. The van der Waals surface area contributed by atoms with E-state index in [1.54, 1.807) is 0 Å². The number of para-hydroxylation sites is 1. The Hall–Kier alpha value is -2.20. The van der Waals surface area contributed by atoms with Crippen molar-refractivity contribution in [1.82, 2.24) is 5.32 Å². The molecular formula is C16H19N3O. The van der Waals surface area contributed by atoms with Crippen molar-refractivity contribution < 1.29 is 4.74 Å². The van der Waals surface area contributed by atoms with Gasteiger partial charge in [0.1, 0.15) is 18.0 Å². The molecular weight excluding hydrogens is 250 g/mol. The molecule has 0 unspecified atom stereocenters. The highest BCUT2D eigenvalue weighted by Crippen LogP contribution is 2.35. The molecule has 0 saturated heterocycles. The monoisotopic (exact) mass is 269 g/mol. The van der Waals surface area contributed by atoms with Crippen LogP contribution in [0.25, 0.3) is 0 Å². The maximum atomic E-state index is 5.82. The molecule has 2 aromatic rings. The third-order valence-electron chi connectivity index (χ3n) is 3.28. The first kappa shape index (κ1) is 12.8. The summed E-state index contributed by atoms with van der Waals surface area (Å²) < 4.78 is 5.82. The quantitative estimate of drug-likeness (QED) is 0.706. The second kappa shape index (κ2) is 6.30. The van der Waals surface area contributed by atoms with Crippen LogP contribution in [0.5, 0.6) is 5.75 Å². The first-order valence-corrected chi connectivity index (χ1v) is 6.92. The van der Waals surface area contributed by atoms with Crippen LogP contribution in [-0.4, -0.2) is 19.8 Å². The van der Waals surface area contributed by atoms with E-state index in [1.807, 2.05) is 18.2 Å². The molecule has 3 N–H and O–H groups in total. The average molecular weight is 269 g/mol. The number of benzene rings is 2. The van der Waals surface area contributed by atoms with E-state index in [9.17, 15) is 0 Å². The fourth-order valence-corrected chi connectivity index (χ4v) is 2.27. The maximum absolute atomic E-state index is 5.82. The highest BCUT2D eigenvalue weighted by Gasteiger charge is 2.13. The highest BCUT2D eigenvalue weighted by atomic mass is 16.5. The predicted octanol–water partition coefficient (Wildman–Crippen LogP) is 2.65. The number of fused-ring (bicyclic) bond motifs is 1. The Balaban J connectivity index is 1.43. The Bertz CT molecular complexity index is 557. The molecule has 0 spiro atoms. The molecule has 4 heteroatoms. The number of hydrogen-bond donors (Lipinski definition) is 3. The second-order valence-corrected chi connectivity index (χ2v) is 4.72. The summed E-state index contributed by atoms with van der Waals surface area (Å²) in [6.07, 6.45) is 0. The summed E-state index contributed by atoms with van der Waals surface area (Å²) >= 11 is 0. The fraction of sp³-hybridized carbons (Fsp3) is 0.250. The van der Waals surface area contributed by atoms with Crippen LogP contribution in [0.3, 0.4) is 0 Å². The van der Waals surface area contributed by atoms with Gasteiger partial charge < -0.3 is 20.7 Å². The van der Waals surface area contributed by atoms with Crippen LogP contribution >= 0.6 is 0 Å². The summed E-state index contributed by atoms with van der Waals surface area (Å²) in [5.74, 6) is 0.911. The zero-order valence-electron chi connectivity index (χ0n) is 11.4. The van der Waals surface area contributed by atoms with Crippen molar-refractivity contribution in [2.24, 2.45) is 0 Å². The SMILES string of the molecule is c1ccc(CNCCOc2cccc3c2NCN3)cc1. The minimum atomic E-state index is 0.658. The van der Waals surface area contributed by atoms with Gasteiger partial charge >= 0.3 is 0 Å². The highest BCUT2D eigenvalue weighted by molar-refractivity contribution is 5.79. The van der Waals surface area contributed by atoms with E-state index >= 15 is 0 Å². The van der Waals surface area contributed by atoms with Crippen LogP contribution in [0.4, 0.5) is 11.4 Å². The first-order chi connectivity index (χ1) is 9.93. The van der Waals surface area contributed by atoms with Gasteiger partial charge in [-0.15, -0.1) is 0 Å². The molecule has 3 rings (SSSR count). The van der Waals surface area contributed by atoms with Gasteiger partial charge in [0.15, 0.2) is 0 Å². The third-order valence-corrected chi connectivity index (χ3v) is 3.28. The normalized spacial score (nSPS) is 12.4. The molecule has 0 aliphatic carbocycles. The molecule has 0 radical (unpaired) electrons. The molecule has 0 aromatic heterocycles. The van der Waals surface area contributed by atoms with E-state index < -0.39 is 0 Å². The van der Waals surface area contributed by atoms with Gasteiger partial charge in [-0.25, -0.2) is 0 Å². The lowest BCUT2D eigenvalue weighted by molar-refractivity contribution is 0.315. The molecule has 20 heavy (non-hydrogen) atoms. The van der Waals surface area contributed by atoms with Crippen LogP contribution in [0.15, 0.2) is 48.5 Å². The van der Waals surface area contributed by atoms with Gasteiger partial charge in [0.05, 0.1) is 12.4 Å². The van der Waals surface area contributed by atoms with Crippen LogP contribution < -0.4 is 20.7 Å². The summed E-state index contributed by atoms with van der Waals surface area (Å²) in [4.78, 5) is 0. The molecule has 0 amide bonds. The topological polar surface area (TPSA) is 45.3 Å². The first-order valence-electron chi connectivity index (χ1n) is 6.92. The van der Waals surface area contributed by atoms with E-state index in [-0.39, 0.29) is 0 Å². The number of ether oxygens (including phenoxy) is 1. The van der Waals surface area contributed by atoms with Crippen molar-refractivity contribution in [1.29, 1.82) is 0 Å². The standard InChI is InChI=1S/C16H19N3O/c1-2-5-13(6-3-1)11-17-9-10-20-15-8-4-7-14-16(15)19-12-18-14/h1-8,17-19H,9-12H2. The Kier molecular flexibility index (Phi) is 4.04. The van der Waals surface area contributed by atoms with Crippen molar-refractivity contribution in [2.45, 2.75) is 6.54 Å². The number of rotatable bonds is 6. The van der Waals surface area contributed by atoms with Crippen molar-refractivity contribution in [3.05, 3.63) is 54.1 Å². The van der Waals surface area contributed by atoms with Gasteiger partial charge in [-0.1, -0.05) is 36.4 Å². The minimum Gasteiger partial charge on any atom is -0.490 e. The lowest BCUT2D eigenvalue weighted by Crippen LogP contribution is -2.20. The lowest BCUT2D eigenvalue weighted by Gasteiger charge is -2.11. The third kappa shape index (κ3) is 3.03. The number of hydrogen-bond acceptors (Lipinski definition) is 4. The molecule has 0 bridgehead atoms. The molecule has 0 fully saturated rings. The molecule has 0 atom stereocenters. The van der Waals surface area contributed by atoms with E-state index in [0.29, 0.717) is 6.61 Å². The van der Waals surface area contributed by atoms with E-state index in [2.05, 4.69) is 46.3 Å². The largest absolute Gasteiger partial charge is 0.490 e. The summed E-state index contributed by atoms with van der Waals surface area (Å²) in [7, 11) is 0. The van der Waals surface area contributed by atoms with Crippen LogP contribution in [0, 0.1) is 0 Å². The molecule has 104 valence electrons. The molecule has 1 aliphatic heterocycles. The Morgan fingerprint density at radius 3 is 2.80 bits per heavy atom. The van der Waals surface area contributed by atoms with Crippen molar-refractivity contribution in [3.63, 3.8) is 0 Å². The summed E-state index contributed by atoms with van der Waals surface area (Å²) in [5, 5.41) is 9.91. The van der Waals surface area contributed by atoms with Crippen molar-refractivity contribution in [3.8, 4) is 5.75 Å². The van der Waals surface area contributed by atoms with Crippen molar-refractivity contribution >= 4 is 11.4 Å². The molecule has 4 nitrogen and oxygen atoms in total. The fourth-order valence-electron chi connectivity index (χ4n) is 2.27.